The number of carbonyl (C=O) groups excluding carboxylic acids is 1. The van der Waals surface area contributed by atoms with Gasteiger partial charge in [-0.25, -0.2) is 13.6 Å². The lowest BCUT2D eigenvalue weighted by atomic mass is 10.1. The van der Waals surface area contributed by atoms with Crippen LogP contribution in [0.15, 0.2) is 11.0 Å². The average molecular weight is 242 g/mol. The van der Waals surface area contributed by atoms with Gasteiger partial charge in [0.1, 0.15) is 22.9 Å². The van der Waals surface area contributed by atoms with Crippen LogP contribution in [-0.2, 0) is 4.74 Å². The molecule has 0 amide bonds. The summed E-state index contributed by atoms with van der Waals surface area (Å²) in [5.41, 5.74) is -3.09. The molecule has 17 heavy (non-hydrogen) atoms. The van der Waals surface area contributed by atoms with E-state index in [0.717, 1.165) is 6.20 Å². The molecule has 1 aromatic rings. The third-order valence-corrected chi connectivity index (χ3v) is 1.94. The number of hydrogen-bond acceptors (Lipinski definition) is 4. The van der Waals surface area contributed by atoms with Crippen LogP contribution in [0.4, 0.5) is 8.78 Å². The summed E-state index contributed by atoms with van der Waals surface area (Å²) in [5, 5.41) is 8.63. The molecule has 0 bridgehead atoms. The molecule has 0 saturated carbocycles. The van der Waals surface area contributed by atoms with Crippen LogP contribution in [0.2, 0.25) is 0 Å². The molecule has 1 aromatic heterocycles. The fourth-order valence-corrected chi connectivity index (χ4v) is 1.19. The Hall–Kier alpha value is -2.23. The molecule has 0 aliphatic heterocycles. The standard InChI is InChI=1S/C10H8F2N2O3/c1-2-17-10(16)6-4-14-7(9(11)12)5(3-13)8(6)15/h4,9H,2H2,1H3,(H,14,15). The van der Waals surface area contributed by atoms with E-state index in [1.807, 2.05) is 0 Å². The molecule has 0 aliphatic carbocycles. The highest BCUT2D eigenvalue weighted by atomic mass is 19.3. The number of esters is 1. The molecule has 1 N–H and O–H groups in total. The summed E-state index contributed by atoms with van der Waals surface area (Å²) in [5.74, 6) is -0.953. The molecule has 0 fully saturated rings. The maximum Gasteiger partial charge on any atom is 0.343 e. The number of aromatic amines is 1. The first-order valence-corrected chi connectivity index (χ1v) is 4.63. The number of hydrogen-bond donors (Lipinski definition) is 1. The lowest BCUT2D eigenvalue weighted by Gasteiger charge is -2.05. The monoisotopic (exact) mass is 242 g/mol. The SMILES string of the molecule is CCOC(=O)c1c[nH]c(C(F)F)c(C#N)c1=O. The molecule has 0 aliphatic rings. The van der Waals surface area contributed by atoms with Gasteiger partial charge in [-0.1, -0.05) is 0 Å². The Morgan fingerprint density at radius 2 is 2.29 bits per heavy atom. The van der Waals surface area contributed by atoms with Crippen LogP contribution in [0.25, 0.3) is 0 Å². The third-order valence-electron chi connectivity index (χ3n) is 1.94. The molecule has 0 spiro atoms. The van der Waals surface area contributed by atoms with E-state index in [-0.39, 0.29) is 6.61 Å². The van der Waals surface area contributed by atoms with Gasteiger partial charge >= 0.3 is 5.97 Å². The summed E-state index contributed by atoms with van der Waals surface area (Å²) >= 11 is 0. The largest absolute Gasteiger partial charge is 0.462 e. The molecule has 0 radical (unpaired) electrons. The molecular weight excluding hydrogens is 234 g/mol. The second-order valence-corrected chi connectivity index (χ2v) is 2.95. The van der Waals surface area contributed by atoms with Gasteiger partial charge < -0.3 is 9.72 Å². The van der Waals surface area contributed by atoms with Crippen molar-refractivity contribution in [3.63, 3.8) is 0 Å². The Morgan fingerprint density at radius 1 is 1.65 bits per heavy atom. The molecule has 0 aromatic carbocycles. The molecule has 0 unspecified atom stereocenters. The van der Waals surface area contributed by atoms with E-state index in [1.165, 1.54) is 13.0 Å². The topological polar surface area (TPSA) is 82.9 Å². The molecule has 5 nitrogen and oxygen atoms in total. The normalized spacial score (nSPS) is 10.1. The third kappa shape index (κ3) is 2.47. The first-order valence-electron chi connectivity index (χ1n) is 4.63. The van der Waals surface area contributed by atoms with Gasteiger partial charge in [-0.2, -0.15) is 5.26 Å². The van der Waals surface area contributed by atoms with E-state index in [4.69, 9.17) is 5.26 Å². The first kappa shape index (κ1) is 12.8. The number of carbonyl (C=O) groups is 1. The van der Waals surface area contributed by atoms with Crippen molar-refractivity contribution in [3.8, 4) is 6.07 Å². The zero-order chi connectivity index (χ0) is 13.0. The Kier molecular flexibility index (Phi) is 3.93. The van der Waals surface area contributed by atoms with Crippen LogP contribution in [0.3, 0.4) is 0 Å². The number of nitriles is 1. The Bertz CT molecular complexity index is 531. The summed E-state index contributed by atoms with van der Waals surface area (Å²) in [7, 11) is 0. The number of ether oxygens (including phenoxy) is 1. The number of halogens is 2. The summed E-state index contributed by atoms with van der Waals surface area (Å²) in [6.45, 7) is 1.57. The molecule has 1 rings (SSSR count). The molecular formula is C10H8F2N2O3. The number of pyridine rings is 1. The minimum Gasteiger partial charge on any atom is -0.462 e. The van der Waals surface area contributed by atoms with Crippen LogP contribution >= 0.6 is 0 Å². The number of H-pyrrole nitrogens is 1. The van der Waals surface area contributed by atoms with Gasteiger partial charge in [0.2, 0.25) is 5.43 Å². The predicted octanol–water partition coefficient (Wildman–Crippen LogP) is 1.36. The minimum atomic E-state index is -2.99. The number of alkyl halides is 2. The highest BCUT2D eigenvalue weighted by Gasteiger charge is 2.21. The zero-order valence-corrected chi connectivity index (χ0v) is 8.79. The summed E-state index contributed by atoms with van der Waals surface area (Å²) in [6, 6.07) is 1.35. The van der Waals surface area contributed by atoms with E-state index in [1.54, 1.807) is 0 Å². The second kappa shape index (κ2) is 5.21. The van der Waals surface area contributed by atoms with Gasteiger partial charge in [-0.05, 0) is 6.92 Å². The molecule has 1 heterocycles. The van der Waals surface area contributed by atoms with Crippen molar-refractivity contribution in [3.05, 3.63) is 33.2 Å². The van der Waals surface area contributed by atoms with Crippen LogP contribution in [0.1, 0.15) is 35.0 Å². The maximum absolute atomic E-state index is 12.4. The Morgan fingerprint density at radius 3 is 2.76 bits per heavy atom. The van der Waals surface area contributed by atoms with E-state index in [0.29, 0.717) is 0 Å². The predicted molar refractivity (Wildman–Crippen MR) is 52.7 cm³/mol. The second-order valence-electron chi connectivity index (χ2n) is 2.95. The Labute approximate surface area is 94.6 Å². The van der Waals surface area contributed by atoms with Gasteiger partial charge in [0.25, 0.3) is 6.43 Å². The summed E-state index contributed by atoms with van der Waals surface area (Å²) in [6.07, 6.45) is -2.17. The van der Waals surface area contributed by atoms with Crippen LogP contribution in [0.5, 0.6) is 0 Å². The van der Waals surface area contributed by atoms with Crippen LogP contribution in [0, 0.1) is 11.3 Å². The van der Waals surface area contributed by atoms with Crippen LogP contribution < -0.4 is 5.43 Å². The minimum absolute atomic E-state index is 0.0385. The van der Waals surface area contributed by atoms with E-state index >= 15 is 0 Å². The number of nitrogens with one attached hydrogen (secondary N) is 1. The fourth-order valence-electron chi connectivity index (χ4n) is 1.19. The zero-order valence-electron chi connectivity index (χ0n) is 8.79. The van der Waals surface area contributed by atoms with Crippen LogP contribution in [-0.4, -0.2) is 17.6 Å². The lowest BCUT2D eigenvalue weighted by Crippen LogP contribution is -2.22. The Balaban J connectivity index is 3.37. The van der Waals surface area contributed by atoms with Crippen molar-refractivity contribution in [1.82, 2.24) is 4.98 Å². The molecule has 0 atom stereocenters. The van der Waals surface area contributed by atoms with E-state index in [9.17, 15) is 18.4 Å². The van der Waals surface area contributed by atoms with E-state index in [2.05, 4.69) is 9.72 Å². The summed E-state index contributed by atoms with van der Waals surface area (Å²) in [4.78, 5) is 24.9. The molecule has 7 heteroatoms. The average Bonchev–Trinajstić information content (AvgIpc) is 2.28. The molecule has 0 saturated heterocycles. The quantitative estimate of drug-likeness (QED) is 0.811. The number of nitrogens with zero attached hydrogens (tertiary/aromatic N) is 1. The number of rotatable bonds is 3. The number of aromatic nitrogens is 1. The van der Waals surface area contributed by atoms with Crippen molar-refractivity contribution < 1.29 is 18.3 Å². The highest BCUT2D eigenvalue weighted by molar-refractivity contribution is 5.89. The van der Waals surface area contributed by atoms with Crippen molar-refractivity contribution in [1.29, 1.82) is 5.26 Å². The smallest absolute Gasteiger partial charge is 0.343 e. The van der Waals surface area contributed by atoms with Crippen molar-refractivity contribution in [2.45, 2.75) is 13.3 Å². The van der Waals surface area contributed by atoms with Crippen molar-refractivity contribution >= 4 is 5.97 Å². The fraction of sp³-hybridized carbons (Fsp3) is 0.300. The highest BCUT2D eigenvalue weighted by Crippen LogP contribution is 2.18. The van der Waals surface area contributed by atoms with Gasteiger partial charge in [-0.15, -0.1) is 0 Å². The van der Waals surface area contributed by atoms with Gasteiger partial charge in [0.05, 0.1) is 6.61 Å². The van der Waals surface area contributed by atoms with Gasteiger partial charge in [0.15, 0.2) is 0 Å². The lowest BCUT2D eigenvalue weighted by molar-refractivity contribution is 0.0523. The van der Waals surface area contributed by atoms with Crippen molar-refractivity contribution in [2.24, 2.45) is 0 Å². The summed E-state index contributed by atoms with van der Waals surface area (Å²) < 4.78 is 29.4. The molecule has 90 valence electrons. The van der Waals surface area contributed by atoms with Gasteiger partial charge in [0, 0.05) is 6.20 Å². The maximum atomic E-state index is 12.4. The van der Waals surface area contributed by atoms with E-state index < -0.39 is 34.6 Å². The first-order chi connectivity index (χ1) is 8.02. The van der Waals surface area contributed by atoms with Gasteiger partial charge in [-0.3, -0.25) is 4.79 Å². The van der Waals surface area contributed by atoms with Crippen molar-refractivity contribution in [2.75, 3.05) is 6.61 Å².